The minimum atomic E-state index is -0.680. The van der Waals surface area contributed by atoms with Crippen LogP contribution in [-0.4, -0.2) is 19.5 Å². The Morgan fingerprint density at radius 2 is 2.12 bits per heavy atom. The fraction of sp³-hybridized carbons (Fsp3) is 0.400. The Morgan fingerprint density at radius 3 is 2.76 bits per heavy atom. The molecule has 2 aromatic rings. The molecule has 1 N–H and O–H groups in total. The van der Waals surface area contributed by atoms with Crippen molar-refractivity contribution in [2.75, 3.05) is 0 Å². The number of halogens is 1. The molecule has 1 aliphatic rings. The molecule has 0 atom stereocenters. The summed E-state index contributed by atoms with van der Waals surface area (Å²) in [5, 5.41) is 0.153. The highest BCUT2D eigenvalue weighted by Crippen LogP contribution is 2.31. The first-order valence-electron chi connectivity index (χ1n) is 5.33. The first kappa shape index (κ1) is 10.5. The normalized spacial score (nSPS) is 16.1. The lowest BCUT2D eigenvalue weighted by Gasteiger charge is -2.27. The number of aromatic nitrogens is 4. The van der Waals surface area contributed by atoms with Crippen molar-refractivity contribution in [1.29, 1.82) is 0 Å². The minimum Gasteiger partial charge on any atom is -0.312 e. The zero-order valence-electron chi connectivity index (χ0n) is 8.81. The SMILES string of the molecule is O=c1[nH]c2c(Cl)ncnc2n(C2CCC2)c1=O. The Hall–Kier alpha value is -1.69. The number of hydrogen-bond acceptors (Lipinski definition) is 4. The van der Waals surface area contributed by atoms with Crippen molar-refractivity contribution in [3.63, 3.8) is 0 Å². The number of H-pyrrole nitrogens is 1. The first-order chi connectivity index (χ1) is 8.18. The van der Waals surface area contributed by atoms with Gasteiger partial charge in [0.05, 0.1) is 0 Å². The van der Waals surface area contributed by atoms with Crippen molar-refractivity contribution in [2.24, 2.45) is 0 Å². The lowest BCUT2D eigenvalue weighted by atomic mass is 9.93. The number of aromatic amines is 1. The Labute approximate surface area is 100 Å². The van der Waals surface area contributed by atoms with E-state index in [1.165, 1.54) is 10.9 Å². The van der Waals surface area contributed by atoms with Crippen molar-refractivity contribution in [3.05, 3.63) is 32.2 Å². The van der Waals surface area contributed by atoms with E-state index in [1.54, 1.807) is 0 Å². The number of nitrogens with zero attached hydrogens (tertiary/aromatic N) is 3. The Kier molecular flexibility index (Phi) is 2.25. The molecule has 17 heavy (non-hydrogen) atoms. The van der Waals surface area contributed by atoms with Crippen molar-refractivity contribution < 1.29 is 0 Å². The highest BCUT2D eigenvalue weighted by atomic mass is 35.5. The van der Waals surface area contributed by atoms with E-state index in [4.69, 9.17) is 11.6 Å². The van der Waals surface area contributed by atoms with Crippen LogP contribution in [0.15, 0.2) is 15.9 Å². The quantitative estimate of drug-likeness (QED) is 0.603. The number of rotatable bonds is 1. The second-order valence-corrected chi connectivity index (χ2v) is 4.44. The average Bonchev–Trinajstić information content (AvgIpc) is 2.24. The molecule has 0 unspecified atom stereocenters. The smallest absolute Gasteiger partial charge is 0.312 e. The molecule has 1 fully saturated rings. The summed E-state index contributed by atoms with van der Waals surface area (Å²) >= 11 is 5.88. The molecule has 2 heterocycles. The molecule has 88 valence electrons. The summed E-state index contributed by atoms with van der Waals surface area (Å²) in [6, 6.07) is 0.0540. The minimum absolute atomic E-state index is 0.0540. The van der Waals surface area contributed by atoms with Crippen LogP contribution in [0.5, 0.6) is 0 Å². The van der Waals surface area contributed by atoms with Crippen LogP contribution in [0.1, 0.15) is 25.3 Å². The molecule has 0 aliphatic heterocycles. The summed E-state index contributed by atoms with van der Waals surface area (Å²) in [5.74, 6) is 0. The number of fused-ring (bicyclic) bond motifs is 1. The Balaban J connectivity index is 2.45. The van der Waals surface area contributed by atoms with Crippen molar-refractivity contribution in [1.82, 2.24) is 19.5 Å². The van der Waals surface area contributed by atoms with Gasteiger partial charge in [0.1, 0.15) is 11.8 Å². The molecule has 0 amide bonds. The summed E-state index contributed by atoms with van der Waals surface area (Å²) in [4.78, 5) is 33.7. The molecule has 7 heteroatoms. The molecule has 1 saturated carbocycles. The van der Waals surface area contributed by atoms with Gasteiger partial charge in [0.25, 0.3) is 0 Å². The molecule has 1 aliphatic carbocycles. The van der Waals surface area contributed by atoms with Gasteiger partial charge in [-0.15, -0.1) is 0 Å². The van der Waals surface area contributed by atoms with Crippen LogP contribution in [0.4, 0.5) is 0 Å². The van der Waals surface area contributed by atoms with Crippen LogP contribution in [0.3, 0.4) is 0 Å². The van der Waals surface area contributed by atoms with E-state index >= 15 is 0 Å². The third-order valence-electron chi connectivity index (χ3n) is 3.10. The van der Waals surface area contributed by atoms with Gasteiger partial charge in [0.15, 0.2) is 10.8 Å². The third kappa shape index (κ3) is 1.48. The van der Waals surface area contributed by atoms with Gasteiger partial charge in [-0.3, -0.25) is 14.2 Å². The summed E-state index contributed by atoms with van der Waals surface area (Å²) in [6.07, 6.45) is 4.13. The molecule has 0 saturated heterocycles. The summed E-state index contributed by atoms with van der Waals surface area (Å²) < 4.78 is 1.44. The van der Waals surface area contributed by atoms with E-state index < -0.39 is 11.1 Å². The van der Waals surface area contributed by atoms with Crippen molar-refractivity contribution >= 4 is 22.8 Å². The standard InChI is InChI=1S/C10H9ClN4O2/c11-7-6-8(13-4-12-7)15(5-2-1-3-5)10(17)9(16)14-6/h4-5H,1-3H2,(H,14,16). The van der Waals surface area contributed by atoms with Crippen LogP contribution >= 0.6 is 11.6 Å². The van der Waals surface area contributed by atoms with Crippen LogP contribution in [-0.2, 0) is 0 Å². The lowest BCUT2D eigenvalue weighted by molar-refractivity contribution is 0.312. The summed E-state index contributed by atoms with van der Waals surface area (Å²) in [7, 11) is 0. The van der Waals surface area contributed by atoms with E-state index in [9.17, 15) is 9.59 Å². The summed E-state index contributed by atoms with van der Waals surface area (Å²) in [6.45, 7) is 0. The maximum absolute atomic E-state index is 11.8. The zero-order chi connectivity index (χ0) is 12.0. The van der Waals surface area contributed by atoms with Gasteiger partial charge in [0, 0.05) is 6.04 Å². The van der Waals surface area contributed by atoms with Gasteiger partial charge >= 0.3 is 11.1 Å². The largest absolute Gasteiger partial charge is 0.318 e. The van der Waals surface area contributed by atoms with Crippen LogP contribution < -0.4 is 11.1 Å². The van der Waals surface area contributed by atoms with E-state index in [0.29, 0.717) is 11.2 Å². The predicted octanol–water partition coefficient (Wildman–Crippen LogP) is 0.858. The van der Waals surface area contributed by atoms with Crippen LogP contribution in [0.25, 0.3) is 11.2 Å². The highest BCUT2D eigenvalue weighted by molar-refractivity contribution is 6.33. The molecule has 0 bridgehead atoms. The van der Waals surface area contributed by atoms with Crippen LogP contribution in [0.2, 0.25) is 5.15 Å². The molecule has 3 rings (SSSR count). The summed E-state index contributed by atoms with van der Waals surface area (Å²) in [5.41, 5.74) is -0.525. The fourth-order valence-corrected chi connectivity index (χ4v) is 2.18. The molecule has 6 nitrogen and oxygen atoms in total. The van der Waals surface area contributed by atoms with Gasteiger partial charge in [-0.25, -0.2) is 9.97 Å². The van der Waals surface area contributed by atoms with Gasteiger partial charge < -0.3 is 4.98 Å². The monoisotopic (exact) mass is 252 g/mol. The van der Waals surface area contributed by atoms with E-state index in [2.05, 4.69) is 15.0 Å². The maximum Gasteiger partial charge on any atom is 0.318 e. The van der Waals surface area contributed by atoms with Crippen molar-refractivity contribution in [2.45, 2.75) is 25.3 Å². The predicted molar refractivity (Wildman–Crippen MR) is 62.3 cm³/mol. The van der Waals surface area contributed by atoms with Gasteiger partial charge in [-0.05, 0) is 19.3 Å². The topological polar surface area (TPSA) is 80.6 Å². The van der Waals surface area contributed by atoms with E-state index in [0.717, 1.165) is 19.3 Å². The average molecular weight is 253 g/mol. The van der Waals surface area contributed by atoms with Gasteiger partial charge in [-0.1, -0.05) is 11.6 Å². The molecular weight excluding hydrogens is 244 g/mol. The molecule has 0 radical (unpaired) electrons. The molecular formula is C10H9ClN4O2. The van der Waals surface area contributed by atoms with E-state index in [-0.39, 0.29) is 11.2 Å². The van der Waals surface area contributed by atoms with E-state index in [1.807, 2.05) is 0 Å². The molecule has 2 aromatic heterocycles. The second-order valence-electron chi connectivity index (χ2n) is 4.08. The molecule has 0 spiro atoms. The number of nitrogens with one attached hydrogen (secondary N) is 1. The third-order valence-corrected chi connectivity index (χ3v) is 3.39. The lowest BCUT2D eigenvalue weighted by Crippen LogP contribution is -2.40. The Bertz CT molecular complexity index is 701. The Morgan fingerprint density at radius 1 is 1.35 bits per heavy atom. The van der Waals surface area contributed by atoms with Crippen molar-refractivity contribution in [3.8, 4) is 0 Å². The first-order valence-corrected chi connectivity index (χ1v) is 5.71. The van der Waals surface area contributed by atoms with Gasteiger partial charge in [-0.2, -0.15) is 0 Å². The van der Waals surface area contributed by atoms with Crippen LogP contribution in [0, 0.1) is 0 Å². The highest BCUT2D eigenvalue weighted by Gasteiger charge is 2.24. The fourth-order valence-electron chi connectivity index (χ4n) is 2.00. The number of hydrogen-bond donors (Lipinski definition) is 1. The maximum atomic E-state index is 11.8. The van der Waals surface area contributed by atoms with Gasteiger partial charge in [0.2, 0.25) is 0 Å². The second kappa shape index (κ2) is 3.66. The zero-order valence-corrected chi connectivity index (χ0v) is 9.57. The molecule has 0 aromatic carbocycles.